The summed E-state index contributed by atoms with van der Waals surface area (Å²) in [6.45, 7) is 1.24. The van der Waals surface area contributed by atoms with E-state index in [0.29, 0.717) is 0 Å². The second-order valence-electron chi connectivity index (χ2n) is 5.60. The van der Waals surface area contributed by atoms with Crippen LogP contribution in [-0.4, -0.2) is 18.4 Å². The Labute approximate surface area is 142 Å². The molecular weight excluding hydrogens is 345 g/mol. The highest BCUT2D eigenvalue weighted by molar-refractivity contribution is 5.70. The predicted octanol–water partition coefficient (Wildman–Crippen LogP) is 4.79. The molecule has 1 heterocycles. The maximum absolute atomic E-state index is 13.4. The summed E-state index contributed by atoms with van der Waals surface area (Å²) in [4.78, 5) is 4.58. The molecule has 25 heavy (non-hydrogen) atoms. The van der Waals surface area contributed by atoms with Crippen LogP contribution in [0, 0.1) is 29.1 Å². The van der Waals surface area contributed by atoms with Gasteiger partial charge in [0, 0.05) is 0 Å². The number of epoxide rings is 1. The number of halogens is 5. The lowest BCUT2D eigenvalue weighted by Gasteiger charge is -2.06. The normalized spacial score (nSPS) is 19.9. The van der Waals surface area contributed by atoms with E-state index in [9.17, 15) is 22.0 Å². The molecule has 1 aromatic carbocycles. The van der Waals surface area contributed by atoms with Crippen molar-refractivity contribution in [3.05, 3.63) is 46.8 Å². The highest BCUT2D eigenvalue weighted by atomic mass is 19.2. The number of allylic oxidation sites excluding steroid dienone is 1. The van der Waals surface area contributed by atoms with Crippen molar-refractivity contribution in [1.29, 1.82) is 0 Å². The third-order valence-electron chi connectivity index (χ3n) is 3.75. The number of ether oxygens (including phenoxy) is 1. The summed E-state index contributed by atoms with van der Waals surface area (Å²) in [5.41, 5.74) is -1.07. The van der Waals surface area contributed by atoms with Crippen molar-refractivity contribution in [2.45, 2.75) is 51.4 Å². The van der Waals surface area contributed by atoms with Crippen LogP contribution in [0.3, 0.4) is 0 Å². The highest BCUT2D eigenvalue weighted by Crippen LogP contribution is 2.28. The van der Waals surface area contributed by atoms with Gasteiger partial charge in [-0.1, -0.05) is 37.4 Å². The molecule has 138 valence electrons. The molecule has 0 aromatic heterocycles. The molecule has 0 bridgehead atoms. The van der Waals surface area contributed by atoms with E-state index in [2.05, 4.69) is 16.9 Å². The van der Waals surface area contributed by atoms with Gasteiger partial charge in [-0.05, 0) is 12.5 Å². The van der Waals surface area contributed by atoms with Gasteiger partial charge in [0.2, 0.25) is 5.82 Å². The lowest BCUT2D eigenvalue weighted by molar-refractivity contribution is 0.124. The minimum absolute atomic E-state index is 0.0125. The molecule has 0 N–H and O–H groups in total. The van der Waals surface area contributed by atoms with Crippen molar-refractivity contribution in [3.63, 3.8) is 0 Å². The summed E-state index contributed by atoms with van der Waals surface area (Å²) in [7, 11) is 0. The van der Waals surface area contributed by atoms with Gasteiger partial charge in [0.05, 0.1) is 17.9 Å². The van der Waals surface area contributed by atoms with Crippen molar-refractivity contribution in [2.75, 3.05) is 0 Å². The number of nitrogens with zero attached hydrogens (tertiary/aromatic N) is 1. The Kier molecular flexibility index (Phi) is 6.92. The minimum Gasteiger partial charge on any atom is -0.391 e. The third-order valence-corrected chi connectivity index (χ3v) is 3.75. The zero-order valence-electron chi connectivity index (χ0n) is 13.6. The first-order valence-corrected chi connectivity index (χ1v) is 7.95. The molecule has 2 atom stereocenters. The Bertz CT molecular complexity index is 634. The van der Waals surface area contributed by atoms with Crippen molar-refractivity contribution in [2.24, 2.45) is 5.16 Å². The molecule has 0 spiro atoms. The largest absolute Gasteiger partial charge is 0.391 e. The van der Waals surface area contributed by atoms with Gasteiger partial charge in [0.25, 0.3) is 0 Å². The van der Waals surface area contributed by atoms with Crippen LogP contribution in [0.2, 0.25) is 0 Å². The molecule has 2 unspecified atom stereocenters. The van der Waals surface area contributed by atoms with Gasteiger partial charge in [0.15, 0.2) is 23.3 Å². The van der Waals surface area contributed by atoms with E-state index in [1.807, 2.05) is 0 Å². The maximum Gasteiger partial charge on any atom is 0.200 e. The van der Waals surface area contributed by atoms with Crippen LogP contribution in [0.5, 0.6) is 0 Å². The number of benzene rings is 1. The molecule has 0 aliphatic carbocycles. The van der Waals surface area contributed by atoms with E-state index in [0.717, 1.165) is 25.7 Å². The number of rotatable bonds is 9. The SMILES string of the molecule is CCCCCC1OC1/C=C/C=NOCc1c(F)c(F)c(F)c(F)c1F. The van der Waals surface area contributed by atoms with Crippen LogP contribution in [-0.2, 0) is 16.2 Å². The second-order valence-corrected chi connectivity index (χ2v) is 5.60. The van der Waals surface area contributed by atoms with Crippen LogP contribution in [0.4, 0.5) is 22.0 Å². The van der Waals surface area contributed by atoms with Gasteiger partial charge in [-0.25, -0.2) is 22.0 Å². The summed E-state index contributed by atoms with van der Waals surface area (Å²) in [6, 6.07) is 0. The lowest BCUT2D eigenvalue weighted by atomic mass is 10.1. The molecule has 1 aliphatic rings. The Hall–Kier alpha value is -1.96. The fourth-order valence-corrected chi connectivity index (χ4v) is 2.27. The first-order valence-electron chi connectivity index (χ1n) is 7.95. The van der Waals surface area contributed by atoms with E-state index in [-0.39, 0.29) is 12.2 Å². The van der Waals surface area contributed by atoms with Gasteiger partial charge >= 0.3 is 0 Å². The molecule has 0 radical (unpaired) electrons. The Morgan fingerprint density at radius 1 is 1.00 bits per heavy atom. The molecule has 0 amide bonds. The highest BCUT2D eigenvalue weighted by Gasteiger charge is 2.35. The van der Waals surface area contributed by atoms with E-state index in [4.69, 9.17) is 4.74 Å². The van der Waals surface area contributed by atoms with Crippen molar-refractivity contribution >= 4 is 6.21 Å². The van der Waals surface area contributed by atoms with Gasteiger partial charge < -0.3 is 9.57 Å². The van der Waals surface area contributed by atoms with Gasteiger partial charge in [-0.3, -0.25) is 0 Å². The number of hydrogen-bond donors (Lipinski definition) is 0. The average molecular weight is 363 g/mol. The predicted molar refractivity (Wildman–Crippen MR) is 81.5 cm³/mol. The number of unbranched alkanes of at least 4 members (excludes halogenated alkanes) is 2. The van der Waals surface area contributed by atoms with E-state index < -0.39 is 41.3 Å². The number of oxime groups is 1. The molecule has 2 rings (SSSR count). The third kappa shape index (κ3) is 5.01. The van der Waals surface area contributed by atoms with Crippen molar-refractivity contribution < 1.29 is 31.5 Å². The fourth-order valence-electron chi connectivity index (χ4n) is 2.27. The molecule has 1 saturated heterocycles. The first kappa shape index (κ1) is 19.4. The molecule has 1 aliphatic heterocycles. The standard InChI is InChI=1S/C17H18F5NO2/c1-2-3-4-6-11-12(25-11)7-5-8-23-24-9-10-13(18)15(20)17(22)16(21)14(10)19/h5,7-8,11-12H,2-4,6,9H2,1H3/b7-5+,23-8?. The fraction of sp³-hybridized carbons (Fsp3) is 0.471. The van der Waals surface area contributed by atoms with E-state index in [1.165, 1.54) is 12.3 Å². The molecule has 1 fully saturated rings. The van der Waals surface area contributed by atoms with Crippen molar-refractivity contribution in [1.82, 2.24) is 0 Å². The van der Waals surface area contributed by atoms with E-state index >= 15 is 0 Å². The number of hydrogen-bond acceptors (Lipinski definition) is 3. The van der Waals surface area contributed by atoms with Gasteiger partial charge in [0.1, 0.15) is 12.7 Å². The molecular formula is C17H18F5NO2. The summed E-state index contributed by atoms with van der Waals surface area (Å²) in [5, 5.41) is 3.39. The smallest absolute Gasteiger partial charge is 0.200 e. The monoisotopic (exact) mass is 363 g/mol. The van der Waals surface area contributed by atoms with Gasteiger partial charge in [-0.15, -0.1) is 0 Å². The quantitative estimate of drug-likeness (QED) is 0.120. The van der Waals surface area contributed by atoms with Crippen LogP contribution < -0.4 is 0 Å². The minimum atomic E-state index is -2.21. The Morgan fingerprint density at radius 3 is 2.28 bits per heavy atom. The Morgan fingerprint density at radius 2 is 1.64 bits per heavy atom. The summed E-state index contributed by atoms with van der Waals surface area (Å²) in [6.07, 6.45) is 9.08. The van der Waals surface area contributed by atoms with Crippen LogP contribution in [0.25, 0.3) is 0 Å². The lowest BCUT2D eigenvalue weighted by Crippen LogP contribution is -2.07. The molecule has 0 saturated carbocycles. The first-order chi connectivity index (χ1) is 12.0. The summed E-state index contributed by atoms with van der Waals surface area (Å²) in [5.74, 6) is -10.1. The van der Waals surface area contributed by atoms with Gasteiger partial charge in [-0.2, -0.15) is 0 Å². The summed E-state index contributed by atoms with van der Waals surface area (Å²) >= 11 is 0. The zero-order valence-corrected chi connectivity index (χ0v) is 13.6. The van der Waals surface area contributed by atoms with Crippen LogP contribution in [0.15, 0.2) is 17.3 Å². The Balaban J connectivity index is 1.78. The van der Waals surface area contributed by atoms with Crippen LogP contribution in [0.1, 0.15) is 38.2 Å². The van der Waals surface area contributed by atoms with Crippen LogP contribution >= 0.6 is 0 Å². The summed E-state index contributed by atoms with van der Waals surface area (Å²) < 4.78 is 71.0. The average Bonchev–Trinajstić information content (AvgIpc) is 3.35. The molecule has 8 heteroatoms. The topological polar surface area (TPSA) is 34.1 Å². The maximum atomic E-state index is 13.4. The van der Waals surface area contributed by atoms with Crippen molar-refractivity contribution in [3.8, 4) is 0 Å². The molecule has 1 aromatic rings. The zero-order chi connectivity index (χ0) is 18.4. The second kappa shape index (κ2) is 8.94. The molecule has 3 nitrogen and oxygen atoms in total. The van der Waals surface area contributed by atoms with E-state index in [1.54, 1.807) is 6.08 Å².